The van der Waals surface area contributed by atoms with Gasteiger partial charge in [-0.05, 0) is 45.4 Å². The number of amides is 2. The summed E-state index contributed by atoms with van der Waals surface area (Å²) in [7, 11) is 0. The van der Waals surface area contributed by atoms with Gasteiger partial charge in [0.25, 0.3) is 0 Å². The summed E-state index contributed by atoms with van der Waals surface area (Å²) in [6.07, 6.45) is 14.0. The molecule has 0 aromatic rings. The Hall–Kier alpha value is -3.81. The zero-order valence-corrected chi connectivity index (χ0v) is 36.9. The summed E-state index contributed by atoms with van der Waals surface area (Å²) in [5, 5.41) is 42.0. The molecule has 0 radical (unpaired) electrons. The number of unbranched alkanes of at least 4 members (excludes halogenated alkanes) is 13. The van der Waals surface area contributed by atoms with Crippen LogP contribution in [0.1, 0.15) is 174 Å². The van der Waals surface area contributed by atoms with E-state index in [9.17, 15) is 63.3 Å². The maximum Gasteiger partial charge on any atom is 0.326 e. The first kappa shape index (κ1) is 56.3. The molecule has 17 heteroatoms. The Balaban J connectivity index is 0. The fraction of sp³-hybridized carbons (Fsp3) is 0.756. The maximum atomic E-state index is 12.6. The molecular weight excluding hydrogens is 928 g/mol. The van der Waals surface area contributed by atoms with Crippen molar-refractivity contribution < 1.29 is 89.4 Å². The molecule has 4 atom stereocenters. The number of ketones is 3. The summed E-state index contributed by atoms with van der Waals surface area (Å²) in [5.74, 6) is -9.44. The first-order valence-electron chi connectivity index (χ1n) is 20.4. The number of nitrogens with one attached hydrogen (secondary N) is 2. The van der Waals surface area contributed by atoms with Crippen molar-refractivity contribution in [2.75, 3.05) is 0 Å². The van der Waals surface area contributed by atoms with Crippen LogP contribution >= 0.6 is 0 Å². The van der Waals surface area contributed by atoms with E-state index in [0.717, 1.165) is 57.8 Å². The van der Waals surface area contributed by atoms with E-state index in [2.05, 4.69) is 10.6 Å². The first-order chi connectivity index (χ1) is 27.0. The van der Waals surface area contributed by atoms with E-state index in [4.69, 9.17) is 5.11 Å². The summed E-state index contributed by atoms with van der Waals surface area (Å²) < 4.78 is 0. The smallest absolute Gasteiger partial charge is 0.326 e. The number of hydrogen-bond acceptors (Lipinski definition) is 10. The van der Waals surface area contributed by atoms with Gasteiger partial charge in [-0.1, -0.05) is 83.5 Å². The van der Waals surface area contributed by atoms with Crippen LogP contribution in [0.5, 0.6) is 0 Å². The molecule has 6 N–H and O–H groups in total. The molecule has 0 heterocycles. The molecule has 0 rings (SSSR count). The molecule has 0 aromatic carbocycles. The van der Waals surface area contributed by atoms with Crippen molar-refractivity contribution >= 4 is 59.3 Å². The van der Waals surface area contributed by atoms with Gasteiger partial charge in [-0.15, -0.1) is 5.92 Å². The van der Waals surface area contributed by atoms with Gasteiger partial charge in [0.2, 0.25) is 11.8 Å². The van der Waals surface area contributed by atoms with Crippen molar-refractivity contribution in [1.29, 1.82) is 0 Å². The van der Waals surface area contributed by atoms with E-state index in [-0.39, 0.29) is 91.1 Å². The number of aliphatic carboxylic acids is 4. The monoisotopic (exact) mass is 993 g/mol. The average molecular weight is 994 g/mol. The Labute approximate surface area is 356 Å². The van der Waals surface area contributed by atoms with Crippen LogP contribution in [0.3, 0.4) is 0 Å². The van der Waals surface area contributed by atoms with E-state index in [1.807, 2.05) is 0 Å². The van der Waals surface area contributed by atoms with E-state index < -0.39 is 84.0 Å². The molecule has 16 nitrogen and oxygen atoms in total. The molecule has 0 aliphatic rings. The second-order valence-corrected chi connectivity index (χ2v) is 15.0. The minimum Gasteiger partial charge on any atom is -0.541 e. The van der Waals surface area contributed by atoms with E-state index >= 15 is 0 Å². The molecule has 330 valence electrons. The average Bonchev–Trinajstić information content (AvgIpc) is 3.14. The van der Waals surface area contributed by atoms with Crippen molar-refractivity contribution in [1.82, 2.24) is 10.6 Å². The number of Topliss-reactive ketones (excluding diaryl/α,β-unsaturated/α-hetero) is 3. The van der Waals surface area contributed by atoms with Crippen LogP contribution in [0.25, 0.3) is 0 Å². The Morgan fingerprint density at radius 3 is 1.24 bits per heavy atom. The largest absolute Gasteiger partial charge is 0.541 e. The summed E-state index contributed by atoms with van der Waals surface area (Å²) >= 11 is 0. The van der Waals surface area contributed by atoms with E-state index in [1.165, 1.54) is 32.6 Å². The number of rotatable bonds is 39. The first-order valence-corrected chi connectivity index (χ1v) is 20.4. The Morgan fingerprint density at radius 2 is 0.862 bits per heavy atom. The maximum absolute atomic E-state index is 12.6. The minimum absolute atomic E-state index is 0. The van der Waals surface area contributed by atoms with Gasteiger partial charge in [-0.25, -0.2) is 9.59 Å². The Kier molecular flexibility index (Phi) is 34.1. The van der Waals surface area contributed by atoms with Gasteiger partial charge in [-0.3, -0.25) is 35.1 Å². The van der Waals surface area contributed by atoms with Gasteiger partial charge in [-0.2, -0.15) is 0 Å². The van der Waals surface area contributed by atoms with Gasteiger partial charge in [0, 0.05) is 66.0 Å². The minimum atomic E-state index is -1.47. The Morgan fingerprint density at radius 1 is 0.466 bits per heavy atom. The third kappa shape index (κ3) is 32.2. The number of carboxylic acid groups (broad SMARTS) is 4. The standard InChI is InChI=1S/C41H65N2O14.W/c1-29(45)18-19-30(28-44)26-32(46)21-23-35(41(56)57)43-37(49)25-20-31(39(52)53)27-33(47)22-24-34(40(54)55)42-36(48)16-14-12-10-8-6-4-2-3-5-7-9-11-13-15-17-38(50)51;/h30-31,34-35H,2-27H2,1H3,(H,42,48)(H,43,49)(H,50,51)(H,52,53)(H,54,55)(H,56,57);/q-1;/t30-,31-,34+,35+;/m1./s1. The molecule has 0 aliphatic carbocycles. The van der Waals surface area contributed by atoms with Crippen molar-refractivity contribution in [3.63, 3.8) is 0 Å². The van der Waals surface area contributed by atoms with Crippen molar-refractivity contribution in [2.45, 2.75) is 186 Å². The second kappa shape index (κ2) is 35.2. The van der Waals surface area contributed by atoms with Gasteiger partial charge in [0.05, 0.1) is 5.92 Å². The van der Waals surface area contributed by atoms with Crippen molar-refractivity contribution in [3.05, 3.63) is 0 Å². The molecule has 0 fully saturated rings. The number of carboxylic acids is 4. The Bertz CT molecular complexity index is 1310. The topological polar surface area (TPSA) is 276 Å². The van der Waals surface area contributed by atoms with Gasteiger partial charge in [0.15, 0.2) is 0 Å². The third-order valence-electron chi connectivity index (χ3n) is 9.76. The number of hydrogen-bond donors (Lipinski definition) is 6. The van der Waals surface area contributed by atoms with Crippen LogP contribution in [0.2, 0.25) is 0 Å². The van der Waals surface area contributed by atoms with E-state index in [1.54, 1.807) is 6.29 Å². The fourth-order valence-corrected chi connectivity index (χ4v) is 6.29. The molecule has 0 aromatic heterocycles. The predicted octanol–water partition coefficient (Wildman–Crippen LogP) is 5.50. The molecule has 0 spiro atoms. The van der Waals surface area contributed by atoms with Crippen LogP contribution in [0, 0.1) is 11.8 Å². The molecule has 2 amide bonds. The number of carbonyl (C=O) groups excluding carboxylic acids is 6. The number of carbonyl (C=O) groups is 9. The van der Waals surface area contributed by atoms with Crippen molar-refractivity contribution in [3.8, 4) is 0 Å². The van der Waals surface area contributed by atoms with Crippen LogP contribution in [0.15, 0.2) is 0 Å². The van der Waals surface area contributed by atoms with Crippen LogP contribution < -0.4 is 10.6 Å². The molecule has 0 aliphatic heterocycles. The van der Waals surface area contributed by atoms with Gasteiger partial charge < -0.3 is 40.6 Å². The summed E-state index contributed by atoms with van der Waals surface area (Å²) in [5.41, 5.74) is 0. The molecule has 0 saturated carbocycles. The molecule has 0 unspecified atom stereocenters. The normalized spacial score (nSPS) is 12.8. The van der Waals surface area contributed by atoms with Gasteiger partial charge in [0.1, 0.15) is 29.4 Å². The zero-order valence-electron chi connectivity index (χ0n) is 34.0. The SMILES string of the molecule is CC(=O)CC[C@@H]([C-]=O)CC(=O)CC[C@H](NC(=O)CC[C@H](CC(=O)CC[C@H](NC(=O)CCCCCCCCCCCCCCCCC(=O)O)C(=O)O)C(=O)O)C(=O)O.[W]. The predicted molar refractivity (Wildman–Crippen MR) is 208 cm³/mol. The van der Waals surface area contributed by atoms with Crippen LogP contribution in [-0.4, -0.2) is 91.8 Å². The summed E-state index contributed by atoms with van der Waals surface area (Å²) in [4.78, 5) is 118. The third-order valence-corrected chi connectivity index (χ3v) is 9.76. The quantitative estimate of drug-likeness (QED) is 0.0328. The molecule has 0 saturated heterocycles. The zero-order chi connectivity index (χ0) is 43.0. The molecule has 58 heavy (non-hydrogen) atoms. The fourth-order valence-electron chi connectivity index (χ4n) is 6.29. The summed E-state index contributed by atoms with van der Waals surface area (Å²) in [6, 6.07) is -2.81. The van der Waals surface area contributed by atoms with Crippen LogP contribution in [-0.2, 0) is 69.0 Å². The van der Waals surface area contributed by atoms with Gasteiger partial charge >= 0.3 is 23.9 Å². The van der Waals surface area contributed by atoms with Crippen LogP contribution in [0.4, 0.5) is 0 Å². The van der Waals surface area contributed by atoms with E-state index in [0.29, 0.717) is 6.42 Å². The molecular formula is C41H65N2O14W-. The van der Waals surface area contributed by atoms with Crippen molar-refractivity contribution in [2.24, 2.45) is 11.8 Å². The second-order valence-electron chi connectivity index (χ2n) is 15.0. The molecule has 0 bridgehead atoms. The summed E-state index contributed by atoms with van der Waals surface area (Å²) in [6.45, 7) is 1.34.